The summed E-state index contributed by atoms with van der Waals surface area (Å²) >= 11 is 5.76. The third-order valence-corrected chi connectivity index (χ3v) is 3.39. The molecule has 0 aliphatic heterocycles. The van der Waals surface area contributed by atoms with Crippen molar-refractivity contribution in [1.82, 2.24) is 10.2 Å². The number of hydrogen-bond donors (Lipinski definition) is 1. The second-order valence-electron chi connectivity index (χ2n) is 4.85. The second kappa shape index (κ2) is 10.1. The Kier molecular flexibility index (Phi) is 8.36. The molecular formula is C16H23ClN2O3. The minimum atomic E-state index is -0.324. The quantitative estimate of drug-likeness (QED) is 0.758. The van der Waals surface area contributed by atoms with Gasteiger partial charge in [0.1, 0.15) is 5.75 Å². The van der Waals surface area contributed by atoms with Gasteiger partial charge in [-0.3, -0.25) is 9.59 Å². The number of amides is 2. The van der Waals surface area contributed by atoms with Crippen LogP contribution in [0.15, 0.2) is 24.3 Å². The van der Waals surface area contributed by atoms with E-state index in [1.807, 2.05) is 6.92 Å². The molecule has 0 saturated heterocycles. The van der Waals surface area contributed by atoms with E-state index in [2.05, 4.69) is 12.2 Å². The number of carbonyl (C=O) groups is 2. The predicted octanol–water partition coefficient (Wildman–Crippen LogP) is 2.48. The Morgan fingerprint density at radius 2 is 1.91 bits per heavy atom. The third-order valence-electron chi connectivity index (χ3n) is 3.14. The molecule has 0 radical (unpaired) electrons. The van der Waals surface area contributed by atoms with Gasteiger partial charge in [0.2, 0.25) is 5.91 Å². The Morgan fingerprint density at radius 1 is 1.23 bits per heavy atom. The normalized spacial score (nSPS) is 10.1. The molecule has 22 heavy (non-hydrogen) atoms. The van der Waals surface area contributed by atoms with Crippen LogP contribution in [0.4, 0.5) is 0 Å². The van der Waals surface area contributed by atoms with Crippen molar-refractivity contribution in [3.8, 4) is 5.75 Å². The van der Waals surface area contributed by atoms with Gasteiger partial charge in [0, 0.05) is 18.1 Å². The first-order valence-corrected chi connectivity index (χ1v) is 7.87. The average Bonchev–Trinajstić information content (AvgIpc) is 2.53. The number of likely N-dealkylation sites (N-methyl/N-ethyl adjacent to an activating group) is 1. The van der Waals surface area contributed by atoms with E-state index in [4.69, 9.17) is 16.3 Å². The van der Waals surface area contributed by atoms with Crippen molar-refractivity contribution >= 4 is 23.4 Å². The molecule has 1 aromatic carbocycles. The van der Waals surface area contributed by atoms with Crippen molar-refractivity contribution in [2.75, 3.05) is 26.2 Å². The topological polar surface area (TPSA) is 58.6 Å². The van der Waals surface area contributed by atoms with Crippen molar-refractivity contribution in [2.45, 2.75) is 26.7 Å². The van der Waals surface area contributed by atoms with Gasteiger partial charge in [-0.05, 0) is 37.6 Å². The first-order chi connectivity index (χ1) is 10.6. The number of hydrogen-bond acceptors (Lipinski definition) is 3. The lowest BCUT2D eigenvalue weighted by atomic mass is 10.3. The molecule has 0 unspecified atom stereocenters. The maximum absolute atomic E-state index is 12.0. The van der Waals surface area contributed by atoms with Gasteiger partial charge in [-0.2, -0.15) is 0 Å². The summed E-state index contributed by atoms with van der Waals surface area (Å²) in [6.07, 6.45) is 2.00. The monoisotopic (exact) mass is 326 g/mol. The molecule has 1 aromatic rings. The van der Waals surface area contributed by atoms with Gasteiger partial charge in [0.25, 0.3) is 5.91 Å². The Labute approximate surface area is 136 Å². The summed E-state index contributed by atoms with van der Waals surface area (Å²) in [5, 5.41) is 3.18. The minimum absolute atomic E-state index is 0.000363. The fourth-order valence-corrected chi connectivity index (χ4v) is 1.95. The standard InChI is InChI=1S/C16H23ClN2O3/c1-3-5-10-19(4-2)16(21)11-18-15(20)12-22-14-8-6-13(17)7-9-14/h6-9H,3-5,10-12H2,1-2H3,(H,18,20). The van der Waals surface area contributed by atoms with Crippen molar-refractivity contribution in [1.29, 1.82) is 0 Å². The number of benzene rings is 1. The number of carbonyl (C=O) groups excluding carboxylic acids is 2. The number of rotatable bonds is 9. The molecule has 1 rings (SSSR count). The molecule has 5 nitrogen and oxygen atoms in total. The average molecular weight is 327 g/mol. The number of nitrogens with one attached hydrogen (secondary N) is 1. The number of halogens is 1. The van der Waals surface area contributed by atoms with Crippen molar-refractivity contribution in [3.05, 3.63) is 29.3 Å². The SMILES string of the molecule is CCCCN(CC)C(=O)CNC(=O)COc1ccc(Cl)cc1. The predicted molar refractivity (Wildman–Crippen MR) is 87.1 cm³/mol. The minimum Gasteiger partial charge on any atom is -0.484 e. The summed E-state index contributed by atoms with van der Waals surface area (Å²) in [6, 6.07) is 6.74. The molecular weight excluding hydrogens is 304 g/mol. The smallest absolute Gasteiger partial charge is 0.258 e. The van der Waals surface area contributed by atoms with Crippen LogP contribution in [0.1, 0.15) is 26.7 Å². The lowest BCUT2D eigenvalue weighted by Crippen LogP contribution is -2.41. The van der Waals surface area contributed by atoms with E-state index >= 15 is 0 Å². The first-order valence-electron chi connectivity index (χ1n) is 7.49. The molecule has 0 aliphatic rings. The van der Waals surface area contributed by atoms with E-state index < -0.39 is 0 Å². The van der Waals surface area contributed by atoms with Crippen LogP contribution >= 0.6 is 11.6 Å². The van der Waals surface area contributed by atoms with Gasteiger partial charge in [-0.25, -0.2) is 0 Å². The highest BCUT2D eigenvalue weighted by atomic mass is 35.5. The summed E-state index contributed by atoms with van der Waals surface area (Å²) < 4.78 is 5.31. The van der Waals surface area contributed by atoms with Gasteiger partial charge < -0.3 is 15.0 Å². The van der Waals surface area contributed by atoms with Crippen molar-refractivity contribution in [2.24, 2.45) is 0 Å². The van der Waals surface area contributed by atoms with Crippen LogP contribution in [0, 0.1) is 0 Å². The molecule has 0 heterocycles. The van der Waals surface area contributed by atoms with Crippen LogP contribution in [0.25, 0.3) is 0 Å². The van der Waals surface area contributed by atoms with Gasteiger partial charge in [0.05, 0.1) is 6.54 Å². The zero-order chi connectivity index (χ0) is 16.4. The van der Waals surface area contributed by atoms with Crippen LogP contribution in [0.5, 0.6) is 5.75 Å². The van der Waals surface area contributed by atoms with E-state index in [9.17, 15) is 9.59 Å². The molecule has 122 valence electrons. The van der Waals surface area contributed by atoms with Crippen molar-refractivity contribution < 1.29 is 14.3 Å². The Bertz CT molecular complexity index is 477. The summed E-state index contributed by atoms with van der Waals surface area (Å²) in [7, 11) is 0. The fourth-order valence-electron chi connectivity index (χ4n) is 1.82. The van der Waals surface area contributed by atoms with Crippen LogP contribution in [-0.2, 0) is 9.59 Å². The molecule has 0 fully saturated rings. The summed E-state index contributed by atoms with van der Waals surface area (Å²) in [6.45, 7) is 5.25. The zero-order valence-corrected chi connectivity index (χ0v) is 13.9. The molecule has 0 spiro atoms. The van der Waals surface area contributed by atoms with Crippen LogP contribution in [0.3, 0.4) is 0 Å². The van der Waals surface area contributed by atoms with Gasteiger partial charge >= 0.3 is 0 Å². The highest BCUT2D eigenvalue weighted by Gasteiger charge is 2.12. The summed E-state index contributed by atoms with van der Waals surface area (Å²) in [5.74, 6) is 0.162. The molecule has 1 N–H and O–H groups in total. The highest BCUT2D eigenvalue weighted by molar-refractivity contribution is 6.30. The second-order valence-corrected chi connectivity index (χ2v) is 5.28. The van der Waals surface area contributed by atoms with E-state index in [1.54, 1.807) is 29.2 Å². The molecule has 0 bridgehead atoms. The van der Waals surface area contributed by atoms with Gasteiger partial charge in [0.15, 0.2) is 6.61 Å². The molecule has 0 aromatic heterocycles. The Balaban J connectivity index is 2.29. The first kappa shape index (κ1) is 18.3. The van der Waals surface area contributed by atoms with Gasteiger partial charge in [-0.1, -0.05) is 24.9 Å². The van der Waals surface area contributed by atoms with Gasteiger partial charge in [-0.15, -0.1) is 0 Å². The van der Waals surface area contributed by atoms with E-state index in [0.717, 1.165) is 19.4 Å². The van der Waals surface area contributed by atoms with E-state index in [0.29, 0.717) is 17.3 Å². The zero-order valence-electron chi connectivity index (χ0n) is 13.1. The molecule has 0 aliphatic carbocycles. The van der Waals surface area contributed by atoms with Crippen LogP contribution < -0.4 is 10.1 Å². The molecule has 2 amide bonds. The Morgan fingerprint density at radius 3 is 2.50 bits per heavy atom. The third kappa shape index (κ3) is 6.80. The van der Waals surface area contributed by atoms with Crippen LogP contribution in [0.2, 0.25) is 5.02 Å². The summed E-state index contributed by atoms with van der Waals surface area (Å²) in [5.41, 5.74) is 0. The van der Waals surface area contributed by atoms with E-state index in [-0.39, 0.29) is 25.0 Å². The number of nitrogens with zero attached hydrogens (tertiary/aromatic N) is 1. The fraction of sp³-hybridized carbons (Fsp3) is 0.500. The number of ether oxygens (including phenoxy) is 1. The maximum Gasteiger partial charge on any atom is 0.258 e. The number of unbranched alkanes of at least 4 members (excludes halogenated alkanes) is 1. The summed E-state index contributed by atoms with van der Waals surface area (Å²) in [4.78, 5) is 25.4. The van der Waals surface area contributed by atoms with E-state index in [1.165, 1.54) is 0 Å². The van der Waals surface area contributed by atoms with Crippen LogP contribution in [-0.4, -0.2) is 43.0 Å². The lowest BCUT2D eigenvalue weighted by molar-refractivity contribution is -0.133. The molecule has 6 heteroatoms. The molecule has 0 atom stereocenters. The van der Waals surface area contributed by atoms with Crippen molar-refractivity contribution in [3.63, 3.8) is 0 Å². The Hall–Kier alpha value is -1.75. The largest absolute Gasteiger partial charge is 0.484 e. The lowest BCUT2D eigenvalue weighted by Gasteiger charge is -2.20. The highest BCUT2D eigenvalue weighted by Crippen LogP contribution is 2.15. The molecule has 0 saturated carbocycles. The maximum atomic E-state index is 12.0.